The first-order valence-corrected chi connectivity index (χ1v) is 7.04. The lowest BCUT2D eigenvalue weighted by atomic mass is 9.84. The van der Waals surface area contributed by atoms with Crippen molar-refractivity contribution in [2.75, 3.05) is 26.4 Å². The van der Waals surface area contributed by atoms with Crippen molar-refractivity contribution in [2.24, 2.45) is 5.41 Å². The Morgan fingerprint density at radius 3 is 3.05 bits per heavy atom. The molecule has 1 aliphatic rings. The van der Waals surface area contributed by atoms with E-state index in [0.717, 1.165) is 6.42 Å². The number of aromatic nitrogens is 1. The van der Waals surface area contributed by atoms with Crippen LogP contribution in [0.1, 0.15) is 23.3 Å². The summed E-state index contributed by atoms with van der Waals surface area (Å²) in [6.45, 7) is 1.87. The van der Waals surface area contributed by atoms with Gasteiger partial charge in [-0.2, -0.15) is 0 Å². The van der Waals surface area contributed by atoms with Crippen LogP contribution in [0.4, 0.5) is 0 Å². The number of aliphatic hydroxyl groups is 1. The fourth-order valence-corrected chi connectivity index (χ4v) is 2.55. The number of hydrogen-bond donors (Lipinski definition) is 2. The van der Waals surface area contributed by atoms with Crippen molar-refractivity contribution in [3.05, 3.63) is 28.5 Å². The van der Waals surface area contributed by atoms with Crippen LogP contribution in [0.3, 0.4) is 0 Å². The summed E-state index contributed by atoms with van der Waals surface area (Å²) in [4.78, 5) is 16.1. The molecule has 0 aliphatic carbocycles. The van der Waals surface area contributed by atoms with Crippen LogP contribution in [0.2, 0.25) is 0 Å². The predicted octanol–water partition coefficient (Wildman–Crippen LogP) is 1.36. The number of carbonyl (C=O) groups excluding carboxylic acids is 1. The van der Waals surface area contributed by atoms with Gasteiger partial charge in [0.25, 0.3) is 5.91 Å². The van der Waals surface area contributed by atoms with Crippen LogP contribution in [0.5, 0.6) is 0 Å². The average Bonchev–Trinajstić information content (AvgIpc) is 2.85. The van der Waals surface area contributed by atoms with Crippen molar-refractivity contribution in [3.63, 3.8) is 0 Å². The summed E-state index contributed by atoms with van der Waals surface area (Å²) in [5, 5.41) is 12.0. The Bertz CT molecular complexity index is 447. The fraction of sp³-hybridized carbons (Fsp3) is 0.538. The van der Waals surface area contributed by atoms with Crippen LogP contribution >= 0.6 is 15.9 Å². The van der Waals surface area contributed by atoms with E-state index >= 15 is 0 Å². The van der Waals surface area contributed by atoms with E-state index < -0.39 is 0 Å². The van der Waals surface area contributed by atoms with Crippen LogP contribution < -0.4 is 5.32 Å². The summed E-state index contributed by atoms with van der Waals surface area (Å²) in [6, 6.07) is 5.22. The zero-order valence-corrected chi connectivity index (χ0v) is 12.1. The maximum absolute atomic E-state index is 12.0. The second kappa shape index (κ2) is 6.45. The van der Waals surface area contributed by atoms with Gasteiger partial charge in [0.05, 0.1) is 6.61 Å². The van der Waals surface area contributed by atoms with Gasteiger partial charge >= 0.3 is 0 Å². The third-order valence-corrected chi connectivity index (χ3v) is 3.84. The van der Waals surface area contributed by atoms with E-state index in [0.29, 0.717) is 36.5 Å². The molecular weight excluding hydrogens is 312 g/mol. The molecule has 0 bridgehead atoms. The molecule has 0 spiro atoms. The Kier molecular flexibility index (Phi) is 4.90. The van der Waals surface area contributed by atoms with Crippen LogP contribution in [0.25, 0.3) is 0 Å². The molecule has 1 atom stereocenters. The van der Waals surface area contributed by atoms with Gasteiger partial charge in [-0.1, -0.05) is 6.07 Å². The molecule has 1 aromatic heterocycles. The van der Waals surface area contributed by atoms with E-state index in [1.165, 1.54) is 0 Å². The smallest absolute Gasteiger partial charge is 0.269 e. The van der Waals surface area contributed by atoms with E-state index in [1.54, 1.807) is 18.2 Å². The molecule has 1 saturated heterocycles. The molecule has 6 heteroatoms. The third-order valence-electron chi connectivity index (χ3n) is 3.40. The summed E-state index contributed by atoms with van der Waals surface area (Å²) in [6.07, 6.45) is 1.50. The highest BCUT2D eigenvalue weighted by Gasteiger charge is 2.34. The minimum absolute atomic E-state index is 0.106. The van der Waals surface area contributed by atoms with Crippen LogP contribution in [0, 0.1) is 5.41 Å². The van der Waals surface area contributed by atoms with Crippen molar-refractivity contribution >= 4 is 21.8 Å². The summed E-state index contributed by atoms with van der Waals surface area (Å²) in [5.74, 6) is -0.203. The Balaban J connectivity index is 1.95. The van der Waals surface area contributed by atoms with Gasteiger partial charge < -0.3 is 15.2 Å². The molecule has 0 radical (unpaired) electrons. The molecule has 1 amide bonds. The van der Waals surface area contributed by atoms with Gasteiger partial charge in [0.2, 0.25) is 0 Å². The molecule has 0 saturated carbocycles. The summed E-state index contributed by atoms with van der Waals surface area (Å²) in [5.41, 5.74) is 0.239. The summed E-state index contributed by atoms with van der Waals surface area (Å²) < 4.78 is 6.02. The quantitative estimate of drug-likeness (QED) is 0.801. The predicted molar refractivity (Wildman–Crippen MR) is 73.8 cm³/mol. The lowest BCUT2D eigenvalue weighted by molar-refractivity contribution is 0.0884. The molecule has 5 nitrogen and oxygen atoms in total. The summed E-state index contributed by atoms with van der Waals surface area (Å²) >= 11 is 3.24. The highest BCUT2D eigenvalue weighted by Crippen LogP contribution is 2.31. The largest absolute Gasteiger partial charge is 0.396 e. The maximum atomic E-state index is 12.0. The maximum Gasteiger partial charge on any atom is 0.269 e. The number of halogens is 1. The zero-order chi connectivity index (χ0) is 13.7. The number of pyridine rings is 1. The SMILES string of the molecule is O=C(NCC1(CCO)CCOC1)c1cccc(Br)n1. The molecule has 1 unspecified atom stereocenters. The second-order valence-electron chi connectivity index (χ2n) is 4.80. The Morgan fingerprint density at radius 1 is 1.58 bits per heavy atom. The third kappa shape index (κ3) is 3.75. The first kappa shape index (κ1) is 14.4. The molecule has 2 N–H and O–H groups in total. The van der Waals surface area contributed by atoms with Gasteiger partial charge in [-0.3, -0.25) is 4.79 Å². The number of amides is 1. The monoisotopic (exact) mass is 328 g/mol. The van der Waals surface area contributed by atoms with Crippen molar-refractivity contribution in [2.45, 2.75) is 12.8 Å². The molecular formula is C13H17BrN2O3. The molecule has 2 rings (SSSR count). The number of rotatable bonds is 5. The standard InChI is InChI=1S/C13H17BrN2O3/c14-11-3-1-2-10(16-11)12(18)15-8-13(4-6-17)5-7-19-9-13/h1-3,17H,4-9H2,(H,15,18). The van der Waals surface area contributed by atoms with Crippen molar-refractivity contribution in [1.82, 2.24) is 10.3 Å². The Morgan fingerprint density at radius 2 is 2.42 bits per heavy atom. The molecule has 1 aromatic rings. The molecule has 2 heterocycles. The van der Waals surface area contributed by atoms with Crippen LogP contribution in [-0.4, -0.2) is 42.4 Å². The molecule has 1 fully saturated rings. The highest BCUT2D eigenvalue weighted by atomic mass is 79.9. The lowest BCUT2D eigenvalue weighted by Crippen LogP contribution is -2.39. The topological polar surface area (TPSA) is 71.5 Å². The van der Waals surface area contributed by atoms with E-state index in [2.05, 4.69) is 26.2 Å². The van der Waals surface area contributed by atoms with Crippen LogP contribution in [-0.2, 0) is 4.74 Å². The molecule has 0 aromatic carbocycles. The van der Waals surface area contributed by atoms with Gasteiger partial charge in [0.1, 0.15) is 10.3 Å². The van der Waals surface area contributed by atoms with E-state index in [1.807, 2.05) is 0 Å². The number of hydrogen-bond acceptors (Lipinski definition) is 4. The van der Waals surface area contributed by atoms with Gasteiger partial charge in [0, 0.05) is 25.2 Å². The van der Waals surface area contributed by atoms with E-state index in [9.17, 15) is 4.79 Å². The average molecular weight is 329 g/mol. The zero-order valence-electron chi connectivity index (χ0n) is 10.6. The van der Waals surface area contributed by atoms with Crippen molar-refractivity contribution in [3.8, 4) is 0 Å². The van der Waals surface area contributed by atoms with Crippen molar-refractivity contribution < 1.29 is 14.6 Å². The first-order valence-electron chi connectivity index (χ1n) is 6.25. The van der Waals surface area contributed by atoms with Gasteiger partial charge in [-0.15, -0.1) is 0 Å². The Hall–Kier alpha value is -0.980. The molecule has 104 valence electrons. The number of nitrogens with zero attached hydrogens (tertiary/aromatic N) is 1. The van der Waals surface area contributed by atoms with Gasteiger partial charge in [0.15, 0.2) is 0 Å². The Labute approximate surface area is 120 Å². The molecule has 19 heavy (non-hydrogen) atoms. The number of ether oxygens (including phenoxy) is 1. The number of nitrogens with one attached hydrogen (secondary N) is 1. The first-order chi connectivity index (χ1) is 9.15. The number of aliphatic hydroxyl groups excluding tert-OH is 1. The number of carbonyl (C=O) groups is 1. The van der Waals surface area contributed by atoms with E-state index in [4.69, 9.17) is 9.84 Å². The van der Waals surface area contributed by atoms with Gasteiger partial charge in [-0.25, -0.2) is 4.98 Å². The lowest BCUT2D eigenvalue weighted by Gasteiger charge is -2.26. The van der Waals surface area contributed by atoms with Crippen LogP contribution in [0.15, 0.2) is 22.8 Å². The minimum Gasteiger partial charge on any atom is -0.396 e. The normalized spacial score (nSPS) is 22.4. The summed E-state index contributed by atoms with van der Waals surface area (Å²) in [7, 11) is 0. The van der Waals surface area contributed by atoms with Gasteiger partial charge in [-0.05, 0) is 40.9 Å². The minimum atomic E-state index is -0.203. The van der Waals surface area contributed by atoms with E-state index in [-0.39, 0.29) is 17.9 Å². The molecule has 1 aliphatic heterocycles. The highest BCUT2D eigenvalue weighted by molar-refractivity contribution is 9.10. The fourth-order valence-electron chi connectivity index (χ4n) is 2.20. The second-order valence-corrected chi connectivity index (χ2v) is 5.62. The van der Waals surface area contributed by atoms with Crippen molar-refractivity contribution in [1.29, 1.82) is 0 Å².